The first-order chi connectivity index (χ1) is 30.6. The van der Waals surface area contributed by atoms with Gasteiger partial charge >= 0.3 is 5.97 Å². The van der Waals surface area contributed by atoms with Crippen molar-refractivity contribution < 1.29 is 76.3 Å². The van der Waals surface area contributed by atoms with E-state index in [9.17, 15) is 14.4 Å². The number of carbonyl (C=O) groups is 3. The van der Waals surface area contributed by atoms with Crippen LogP contribution in [0.1, 0.15) is 6.42 Å². The fourth-order valence-corrected chi connectivity index (χ4v) is 6.79. The number of rotatable bonds is 43. The quantitative estimate of drug-likeness (QED) is 0.0749. The Bertz CT molecular complexity index is 1420. The zero-order valence-corrected chi connectivity index (χ0v) is 36.9. The summed E-state index contributed by atoms with van der Waals surface area (Å²) < 4.78 is 65.1. The molecular formula is C41H61N3O16S2. The standard InChI is InChI=1S/C41H61N3O16S2/c45-37(46)34-60-33-32-59-31-30-58-29-28-57-27-26-56-25-24-55-23-22-54-21-20-53-19-18-52-17-16-51-15-14-50-13-12-49-11-5-10-44-40(47)38(61-35-6-1-3-8-42-35)39(41(44)48)62-36-7-2-4-9-43-36/h1-4,6-9H,5,10-34H2,(H,45,46). The number of pyridine rings is 2. The molecule has 1 N–H and O–H groups in total. The zero-order chi connectivity index (χ0) is 44.0. The number of hydrogen-bond donors (Lipinski definition) is 1. The second kappa shape index (κ2) is 37.3. The lowest BCUT2D eigenvalue weighted by molar-refractivity contribution is -0.143. The topological polar surface area (TPSA) is 211 Å². The van der Waals surface area contributed by atoms with E-state index in [1.807, 2.05) is 12.1 Å². The summed E-state index contributed by atoms with van der Waals surface area (Å²) in [4.78, 5) is 47.5. The normalized spacial score (nSPS) is 12.9. The summed E-state index contributed by atoms with van der Waals surface area (Å²) in [6.45, 7) is 9.71. The molecule has 1 aliphatic heterocycles. The number of aliphatic carboxylic acids is 1. The minimum absolute atomic E-state index is 0.231. The third-order valence-electron chi connectivity index (χ3n) is 7.76. The Morgan fingerprint density at radius 2 is 0.742 bits per heavy atom. The van der Waals surface area contributed by atoms with Gasteiger partial charge in [0.1, 0.15) is 16.7 Å². The van der Waals surface area contributed by atoms with Gasteiger partial charge in [-0.15, -0.1) is 0 Å². The molecule has 0 aromatic carbocycles. The fraction of sp³-hybridized carbons (Fsp3) is 0.634. The molecule has 3 rings (SSSR count). The molecule has 3 heterocycles. The number of carbonyl (C=O) groups excluding carboxylic acids is 2. The number of nitrogens with zero attached hydrogens (tertiary/aromatic N) is 3. The van der Waals surface area contributed by atoms with Gasteiger partial charge in [0.15, 0.2) is 0 Å². The van der Waals surface area contributed by atoms with E-state index in [2.05, 4.69) is 9.97 Å². The van der Waals surface area contributed by atoms with Crippen molar-refractivity contribution in [2.24, 2.45) is 0 Å². The lowest BCUT2D eigenvalue weighted by Crippen LogP contribution is -2.33. The number of carboxylic acid groups (broad SMARTS) is 1. The van der Waals surface area contributed by atoms with Crippen LogP contribution in [0.5, 0.6) is 0 Å². The lowest BCUT2D eigenvalue weighted by Gasteiger charge is -2.15. The molecular weight excluding hydrogens is 855 g/mol. The van der Waals surface area contributed by atoms with Gasteiger partial charge in [0.2, 0.25) is 0 Å². The van der Waals surface area contributed by atoms with Crippen molar-refractivity contribution in [3.05, 3.63) is 58.6 Å². The number of aromatic nitrogens is 2. The highest BCUT2D eigenvalue weighted by Crippen LogP contribution is 2.41. The lowest BCUT2D eigenvalue weighted by atomic mass is 10.4. The maximum atomic E-state index is 13.3. The molecule has 0 unspecified atom stereocenters. The van der Waals surface area contributed by atoms with E-state index in [0.29, 0.717) is 172 Å². The zero-order valence-electron chi connectivity index (χ0n) is 35.2. The summed E-state index contributed by atoms with van der Waals surface area (Å²) in [6, 6.07) is 10.9. The molecule has 0 aliphatic carbocycles. The van der Waals surface area contributed by atoms with Crippen LogP contribution < -0.4 is 0 Å². The molecule has 348 valence electrons. The third-order valence-corrected chi connectivity index (χ3v) is 9.96. The van der Waals surface area contributed by atoms with Gasteiger partial charge in [0.25, 0.3) is 11.8 Å². The largest absolute Gasteiger partial charge is 0.480 e. The molecule has 2 amide bonds. The predicted molar refractivity (Wildman–Crippen MR) is 226 cm³/mol. The molecule has 0 fully saturated rings. The minimum Gasteiger partial charge on any atom is -0.480 e. The van der Waals surface area contributed by atoms with Crippen LogP contribution >= 0.6 is 23.5 Å². The number of carboxylic acids is 1. The molecule has 0 saturated heterocycles. The van der Waals surface area contributed by atoms with E-state index in [-0.39, 0.29) is 31.6 Å². The third kappa shape index (κ3) is 26.5. The van der Waals surface area contributed by atoms with E-state index in [4.69, 9.17) is 61.9 Å². The summed E-state index contributed by atoms with van der Waals surface area (Å²) in [7, 11) is 0. The maximum absolute atomic E-state index is 13.3. The highest BCUT2D eigenvalue weighted by Gasteiger charge is 2.39. The highest BCUT2D eigenvalue weighted by molar-refractivity contribution is 8.08. The molecule has 2 aromatic heterocycles. The molecule has 1 aliphatic rings. The van der Waals surface area contributed by atoms with Gasteiger partial charge in [0, 0.05) is 25.5 Å². The van der Waals surface area contributed by atoms with Crippen molar-refractivity contribution in [3.8, 4) is 0 Å². The highest BCUT2D eigenvalue weighted by atomic mass is 32.2. The first-order valence-corrected chi connectivity index (χ1v) is 22.1. The average Bonchev–Trinajstić information content (AvgIpc) is 3.49. The monoisotopic (exact) mass is 915 g/mol. The first kappa shape index (κ1) is 53.2. The van der Waals surface area contributed by atoms with Gasteiger partial charge in [-0.2, -0.15) is 0 Å². The van der Waals surface area contributed by atoms with Crippen molar-refractivity contribution in [1.29, 1.82) is 0 Å². The van der Waals surface area contributed by atoms with Gasteiger partial charge in [0.05, 0.1) is 155 Å². The van der Waals surface area contributed by atoms with Crippen LogP contribution in [0.3, 0.4) is 0 Å². The van der Waals surface area contributed by atoms with Crippen molar-refractivity contribution >= 4 is 41.3 Å². The predicted octanol–water partition coefficient (Wildman–Crippen LogP) is 2.62. The van der Waals surface area contributed by atoms with E-state index >= 15 is 0 Å². The number of ether oxygens (including phenoxy) is 12. The van der Waals surface area contributed by atoms with Crippen LogP contribution in [0.2, 0.25) is 0 Å². The van der Waals surface area contributed by atoms with E-state index in [1.165, 1.54) is 28.4 Å². The summed E-state index contributed by atoms with van der Waals surface area (Å²) in [5.41, 5.74) is 0. The van der Waals surface area contributed by atoms with Crippen LogP contribution in [0.4, 0.5) is 0 Å². The molecule has 2 aromatic rings. The number of hydrogen-bond acceptors (Lipinski definition) is 19. The smallest absolute Gasteiger partial charge is 0.329 e. The fourth-order valence-electron chi connectivity index (χ4n) is 4.84. The second-order valence-electron chi connectivity index (χ2n) is 12.5. The second-order valence-corrected chi connectivity index (χ2v) is 14.6. The number of amides is 2. The van der Waals surface area contributed by atoms with Crippen LogP contribution in [-0.2, 0) is 71.2 Å². The van der Waals surface area contributed by atoms with Gasteiger partial charge in [-0.3, -0.25) is 14.5 Å². The first-order valence-electron chi connectivity index (χ1n) is 20.5. The Morgan fingerprint density at radius 1 is 0.452 bits per heavy atom. The van der Waals surface area contributed by atoms with Crippen molar-refractivity contribution in [2.75, 3.05) is 165 Å². The molecule has 21 heteroatoms. The molecule has 0 spiro atoms. The minimum atomic E-state index is -1.00. The maximum Gasteiger partial charge on any atom is 0.329 e. The van der Waals surface area contributed by atoms with Crippen LogP contribution in [0.25, 0.3) is 0 Å². The number of imide groups is 1. The summed E-state index contributed by atoms with van der Waals surface area (Å²) in [5.74, 6) is -1.68. The molecule has 62 heavy (non-hydrogen) atoms. The average molecular weight is 916 g/mol. The Morgan fingerprint density at radius 3 is 1.02 bits per heavy atom. The molecule has 0 atom stereocenters. The van der Waals surface area contributed by atoms with Crippen LogP contribution in [0.15, 0.2) is 68.7 Å². The summed E-state index contributed by atoms with van der Waals surface area (Å²) in [6.07, 6.45) is 3.79. The van der Waals surface area contributed by atoms with Crippen molar-refractivity contribution in [2.45, 2.75) is 16.5 Å². The Labute approximate surface area is 371 Å². The molecule has 19 nitrogen and oxygen atoms in total. The van der Waals surface area contributed by atoms with Gasteiger partial charge in [-0.05, 0) is 30.7 Å². The van der Waals surface area contributed by atoms with E-state index in [0.717, 1.165) is 0 Å². The SMILES string of the molecule is O=C(O)COCCOCCOCCOCCOCCOCCOCCOCCOCCOCCOCCOCCCN1C(=O)C(Sc2ccccn2)=C(Sc2ccccn2)C1=O. The van der Waals surface area contributed by atoms with Crippen LogP contribution in [-0.4, -0.2) is 203 Å². The van der Waals surface area contributed by atoms with Gasteiger partial charge in [-0.25, -0.2) is 14.8 Å². The van der Waals surface area contributed by atoms with Crippen molar-refractivity contribution in [1.82, 2.24) is 14.9 Å². The van der Waals surface area contributed by atoms with E-state index in [1.54, 1.807) is 36.7 Å². The Hall–Kier alpha value is -3.13. The number of thioether (sulfide) groups is 2. The van der Waals surface area contributed by atoms with Crippen LogP contribution in [0, 0.1) is 0 Å². The van der Waals surface area contributed by atoms with Crippen molar-refractivity contribution in [3.63, 3.8) is 0 Å². The Balaban J connectivity index is 0.995. The summed E-state index contributed by atoms with van der Waals surface area (Å²) >= 11 is 2.37. The summed E-state index contributed by atoms with van der Waals surface area (Å²) in [5, 5.41) is 9.71. The molecule has 0 saturated carbocycles. The molecule has 0 radical (unpaired) electrons. The van der Waals surface area contributed by atoms with E-state index < -0.39 is 5.97 Å². The Kier molecular flexibility index (Phi) is 32.0. The molecule has 0 bridgehead atoms. The van der Waals surface area contributed by atoms with Gasteiger partial charge in [-0.1, -0.05) is 35.7 Å². The van der Waals surface area contributed by atoms with Gasteiger partial charge < -0.3 is 61.9 Å².